The van der Waals surface area contributed by atoms with Crippen LogP contribution in [0.3, 0.4) is 0 Å². The van der Waals surface area contributed by atoms with Gasteiger partial charge in [-0.1, -0.05) is 58.4 Å². The Morgan fingerprint density at radius 1 is 0.952 bits per heavy atom. The number of fused-ring (bicyclic) bond motifs is 1. The van der Waals surface area contributed by atoms with Gasteiger partial charge in [-0.15, -0.1) is 0 Å². The van der Waals surface area contributed by atoms with E-state index in [-0.39, 0.29) is 0 Å². The molecule has 2 nitrogen and oxygen atoms in total. The van der Waals surface area contributed by atoms with Crippen molar-refractivity contribution in [3.8, 4) is 5.75 Å². The number of phenols is 1. The lowest BCUT2D eigenvalue weighted by atomic mass is 10.0. The molecule has 0 amide bonds. The third kappa shape index (κ3) is 3.14. The Labute approximate surface area is 131 Å². The highest BCUT2D eigenvalue weighted by molar-refractivity contribution is 9.10. The highest BCUT2D eigenvalue weighted by Crippen LogP contribution is 2.27. The Balaban J connectivity index is 1.88. The molecule has 0 radical (unpaired) electrons. The van der Waals surface area contributed by atoms with Crippen LogP contribution in [0.5, 0.6) is 5.75 Å². The van der Waals surface area contributed by atoms with Crippen molar-refractivity contribution in [1.82, 2.24) is 0 Å². The maximum absolute atomic E-state index is 10.1. The molecule has 0 aromatic heterocycles. The molecule has 0 aliphatic rings. The highest BCUT2D eigenvalue weighted by Gasteiger charge is 2.05. The van der Waals surface area contributed by atoms with E-state index in [2.05, 4.69) is 20.9 Å². The lowest BCUT2D eigenvalue weighted by Crippen LogP contribution is -1.88. The largest absolute Gasteiger partial charge is 0.508 e. The Morgan fingerprint density at radius 3 is 2.52 bits per heavy atom. The lowest BCUT2D eigenvalue weighted by molar-refractivity contribution is 0.470. The fourth-order valence-corrected chi connectivity index (χ4v) is 2.55. The molecule has 1 N–H and O–H groups in total. The number of aromatic hydroxyl groups is 1. The molecule has 21 heavy (non-hydrogen) atoms. The van der Waals surface area contributed by atoms with Crippen molar-refractivity contribution < 1.29 is 5.11 Å². The second-order valence-electron chi connectivity index (χ2n) is 4.81. The van der Waals surface area contributed by atoms with Crippen molar-refractivity contribution in [2.24, 2.45) is 4.99 Å². The summed E-state index contributed by atoms with van der Waals surface area (Å²) in [6.07, 6.45) is 1.83. The van der Waals surface area contributed by atoms with Gasteiger partial charge in [-0.05, 0) is 34.5 Å². The molecule has 3 rings (SSSR count). The van der Waals surface area contributed by atoms with Crippen LogP contribution in [-0.4, -0.2) is 11.3 Å². The molecular weight excluding hydrogens is 326 g/mol. The van der Waals surface area contributed by atoms with Crippen molar-refractivity contribution in [2.75, 3.05) is 0 Å². The normalized spacial score (nSPS) is 11.3. The van der Waals surface area contributed by atoms with Gasteiger partial charge >= 0.3 is 0 Å². The van der Waals surface area contributed by atoms with Crippen molar-refractivity contribution in [2.45, 2.75) is 6.54 Å². The minimum atomic E-state index is 0.293. The van der Waals surface area contributed by atoms with Crippen LogP contribution >= 0.6 is 15.9 Å². The first-order chi connectivity index (χ1) is 10.2. The summed E-state index contributed by atoms with van der Waals surface area (Å²) in [5.74, 6) is 0.293. The zero-order valence-electron chi connectivity index (χ0n) is 11.3. The molecular formula is C18H14BrNO. The van der Waals surface area contributed by atoms with E-state index >= 15 is 0 Å². The van der Waals surface area contributed by atoms with Gasteiger partial charge in [-0.25, -0.2) is 0 Å². The van der Waals surface area contributed by atoms with Gasteiger partial charge in [0.1, 0.15) is 5.75 Å². The molecule has 0 saturated heterocycles. The van der Waals surface area contributed by atoms with Crippen LogP contribution in [0.4, 0.5) is 0 Å². The zero-order valence-corrected chi connectivity index (χ0v) is 12.9. The maximum Gasteiger partial charge on any atom is 0.121 e. The molecule has 0 heterocycles. The second kappa shape index (κ2) is 6.10. The monoisotopic (exact) mass is 339 g/mol. The number of nitrogens with zero attached hydrogens (tertiary/aromatic N) is 1. The minimum absolute atomic E-state index is 0.293. The van der Waals surface area contributed by atoms with Crippen LogP contribution in [0, 0.1) is 0 Å². The lowest BCUT2D eigenvalue weighted by Gasteiger charge is -2.06. The van der Waals surface area contributed by atoms with E-state index in [1.807, 2.05) is 60.8 Å². The van der Waals surface area contributed by atoms with Gasteiger partial charge in [0.15, 0.2) is 0 Å². The molecule has 0 atom stereocenters. The number of rotatable bonds is 3. The summed E-state index contributed by atoms with van der Waals surface area (Å²) in [7, 11) is 0. The summed E-state index contributed by atoms with van der Waals surface area (Å²) in [6.45, 7) is 0.462. The molecule has 0 spiro atoms. The topological polar surface area (TPSA) is 32.6 Å². The molecule has 0 saturated carbocycles. The molecule has 0 fully saturated rings. The van der Waals surface area contributed by atoms with Crippen LogP contribution < -0.4 is 0 Å². The predicted molar refractivity (Wildman–Crippen MR) is 91.1 cm³/mol. The Morgan fingerprint density at radius 2 is 1.71 bits per heavy atom. The third-order valence-corrected chi connectivity index (χ3v) is 3.90. The van der Waals surface area contributed by atoms with E-state index in [9.17, 15) is 5.11 Å². The SMILES string of the molecule is Oc1ccc2ccccc2c1CN=Cc1ccc(Br)cc1. The summed E-state index contributed by atoms with van der Waals surface area (Å²) < 4.78 is 1.05. The smallest absolute Gasteiger partial charge is 0.121 e. The molecule has 104 valence electrons. The van der Waals surface area contributed by atoms with Gasteiger partial charge in [0, 0.05) is 16.3 Å². The zero-order chi connectivity index (χ0) is 14.7. The Kier molecular flexibility index (Phi) is 4.02. The van der Waals surface area contributed by atoms with Crippen molar-refractivity contribution in [3.63, 3.8) is 0 Å². The fourth-order valence-electron chi connectivity index (χ4n) is 2.28. The number of phenolic OH excluding ortho intramolecular Hbond substituents is 1. The number of halogens is 1. The van der Waals surface area contributed by atoms with E-state index in [4.69, 9.17) is 0 Å². The summed E-state index contributed by atoms with van der Waals surface area (Å²) in [6, 6.07) is 19.6. The first-order valence-corrected chi connectivity index (χ1v) is 7.48. The number of hydrogen-bond acceptors (Lipinski definition) is 2. The molecule has 0 unspecified atom stereocenters. The molecule has 0 aliphatic heterocycles. The predicted octanol–water partition coefficient (Wildman–Crippen LogP) is 4.93. The van der Waals surface area contributed by atoms with Gasteiger partial charge in [0.25, 0.3) is 0 Å². The molecule has 3 aromatic rings. The summed E-state index contributed by atoms with van der Waals surface area (Å²) in [5.41, 5.74) is 1.90. The van der Waals surface area contributed by atoms with Gasteiger partial charge in [-0.2, -0.15) is 0 Å². The summed E-state index contributed by atoms with van der Waals surface area (Å²) >= 11 is 3.41. The molecule has 3 heteroatoms. The summed E-state index contributed by atoms with van der Waals surface area (Å²) in [4.78, 5) is 4.45. The number of aliphatic imine (C=N–C) groups is 1. The van der Waals surface area contributed by atoms with Crippen molar-refractivity contribution in [3.05, 3.63) is 76.3 Å². The van der Waals surface area contributed by atoms with Gasteiger partial charge in [0.05, 0.1) is 6.54 Å². The molecule has 0 aliphatic carbocycles. The van der Waals surface area contributed by atoms with Crippen molar-refractivity contribution in [1.29, 1.82) is 0 Å². The third-order valence-electron chi connectivity index (χ3n) is 3.38. The number of benzene rings is 3. The van der Waals surface area contributed by atoms with E-state index in [0.717, 1.165) is 26.4 Å². The Hall–Kier alpha value is -2.13. The van der Waals surface area contributed by atoms with Crippen LogP contribution in [-0.2, 0) is 6.54 Å². The summed E-state index contributed by atoms with van der Waals surface area (Å²) in [5, 5.41) is 12.2. The van der Waals surface area contributed by atoms with Crippen LogP contribution in [0.15, 0.2) is 70.1 Å². The van der Waals surface area contributed by atoms with Gasteiger partial charge in [-0.3, -0.25) is 4.99 Å². The van der Waals surface area contributed by atoms with Crippen LogP contribution in [0.2, 0.25) is 0 Å². The van der Waals surface area contributed by atoms with E-state index in [1.165, 1.54) is 0 Å². The van der Waals surface area contributed by atoms with E-state index in [0.29, 0.717) is 12.3 Å². The van der Waals surface area contributed by atoms with E-state index in [1.54, 1.807) is 6.07 Å². The average Bonchev–Trinajstić information content (AvgIpc) is 2.51. The van der Waals surface area contributed by atoms with Crippen LogP contribution in [0.25, 0.3) is 10.8 Å². The fraction of sp³-hybridized carbons (Fsp3) is 0.0556. The quantitative estimate of drug-likeness (QED) is 0.674. The highest BCUT2D eigenvalue weighted by atomic mass is 79.9. The van der Waals surface area contributed by atoms with E-state index < -0.39 is 0 Å². The molecule has 0 bridgehead atoms. The Bertz CT molecular complexity index is 794. The second-order valence-corrected chi connectivity index (χ2v) is 5.72. The average molecular weight is 340 g/mol. The minimum Gasteiger partial charge on any atom is -0.508 e. The van der Waals surface area contributed by atoms with Gasteiger partial charge in [0.2, 0.25) is 0 Å². The number of hydrogen-bond donors (Lipinski definition) is 1. The first-order valence-electron chi connectivity index (χ1n) is 6.69. The molecule has 3 aromatic carbocycles. The van der Waals surface area contributed by atoms with Crippen LogP contribution in [0.1, 0.15) is 11.1 Å². The van der Waals surface area contributed by atoms with Gasteiger partial charge < -0.3 is 5.11 Å². The maximum atomic E-state index is 10.1. The standard InChI is InChI=1S/C18H14BrNO/c19-15-8-5-13(6-9-15)11-20-12-17-16-4-2-1-3-14(16)7-10-18(17)21/h1-11,21H,12H2. The first kappa shape index (κ1) is 13.8. The van der Waals surface area contributed by atoms with Crippen molar-refractivity contribution >= 4 is 32.9 Å².